The van der Waals surface area contributed by atoms with Crippen LogP contribution in [0.2, 0.25) is 0 Å². The monoisotopic (exact) mass is 426 g/mol. The minimum absolute atomic E-state index is 0.0468. The Bertz CT molecular complexity index is 939. The third-order valence-electron chi connectivity index (χ3n) is 6.35. The summed E-state index contributed by atoms with van der Waals surface area (Å²) in [6.07, 6.45) is 2.19. The molecule has 6 heteroatoms. The predicted molar refractivity (Wildman–Crippen MR) is 121 cm³/mol. The Kier molecular flexibility index (Phi) is 7.42. The van der Waals surface area contributed by atoms with Crippen LogP contribution in [0.15, 0.2) is 24.3 Å². The first kappa shape index (κ1) is 22.9. The number of amides is 1. The average Bonchev–Trinajstić information content (AvgIpc) is 3.02. The van der Waals surface area contributed by atoms with Crippen LogP contribution in [0.5, 0.6) is 5.75 Å². The highest BCUT2D eigenvalue weighted by Crippen LogP contribution is 2.28. The van der Waals surface area contributed by atoms with Crippen molar-refractivity contribution < 1.29 is 19.1 Å². The van der Waals surface area contributed by atoms with Gasteiger partial charge in [-0.25, -0.2) is 0 Å². The minimum atomic E-state index is -0.142. The average molecular weight is 427 g/mol. The lowest BCUT2D eigenvalue weighted by Crippen LogP contribution is -2.41. The van der Waals surface area contributed by atoms with Gasteiger partial charge in [-0.3, -0.25) is 9.59 Å². The summed E-state index contributed by atoms with van der Waals surface area (Å²) in [4.78, 5) is 27.5. The number of aromatic nitrogens is 1. The van der Waals surface area contributed by atoms with Gasteiger partial charge in [0.2, 0.25) is 0 Å². The van der Waals surface area contributed by atoms with E-state index in [1.165, 1.54) is 5.56 Å². The minimum Gasteiger partial charge on any atom is -0.497 e. The fraction of sp³-hybridized carbons (Fsp3) is 0.520. The molecule has 168 valence electrons. The number of piperidine rings is 1. The summed E-state index contributed by atoms with van der Waals surface area (Å²) in [5.41, 5.74) is 5.27. The van der Waals surface area contributed by atoms with E-state index in [9.17, 15) is 9.59 Å². The normalized spacial score (nSPS) is 14.5. The smallest absolute Gasteiger partial charge is 0.309 e. The third kappa shape index (κ3) is 4.78. The number of carbonyl (C=O) groups excluding carboxylic acids is 2. The molecule has 2 heterocycles. The molecule has 0 bridgehead atoms. The van der Waals surface area contributed by atoms with Crippen LogP contribution in [0.25, 0.3) is 0 Å². The van der Waals surface area contributed by atoms with Crippen molar-refractivity contribution in [3.63, 3.8) is 0 Å². The standard InChI is InChI=1S/C25H34N2O4/c1-6-22-17(3)23(24(28)26-13-11-20(12-14-26)25(29)31-7-2)27(18(22)4)16-19-9-8-10-21(15-19)30-5/h8-10,15,20H,6-7,11-14,16H2,1-5H3. The molecule has 0 N–H and O–H groups in total. The maximum atomic E-state index is 13.6. The highest BCUT2D eigenvalue weighted by Gasteiger charge is 2.31. The molecular formula is C25H34N2O4. The first-order chi connectivity index (χ1) is 14.9. The lowest BCUT2D eigenvalue weighted by atomic mass is 9.96. The van der Waals surface area contributed by atoms with E-state index in [2.05, 4.69) is 24.5 Å². The summed E-state index contributed by atoms with van der Waals surface area (Å²) in [7, 11) is 1.66. The third-order valence-corrected chi connectivity index (χ3v) is 6.35. The molecule has 1 aromatic carbocycles. The second-order valence-electron chi connectivity index (χ2n) is 8.15. The van der Waals surface area contributed by atoms with Crippen molar-refractivity contribution in [2.45, 2.75) is 53.5 Å². The number of ether oxygens (including phenoxy) is 2. The molecule has 0 atom stereocenters. The van der Waals surface area contributed by atoms with Gasteiger partial charge in [-0.1, -0.05) is 19.1 Å². The van der Waals surface area contributed by atoms with E-state index < -0.39 is 0 Å². The first-order valence-corrected chi connectivity index (χ1v) is 11.2. The first-order valence-electron chi connectivity index (χ1n) is 11.2. The Balaban J connectivity index is 1.86. The summed E-state index contributed by atoms with van der Waals surface area (Å²) < 4.78 is 12.7. The van der Waals surface area contributed by atoms with Crippen molar-refractivity contribution in [1.82, 2.24) is 9.47 Å². The number of likely N-dealkylation sites (tertiary alicyclic amines) is 1. The summed E-state index contributed by atoms with van der Waals surface area (Å²) >= 11 is 0. The zero-order valence-corrected chi connectivity index (χ0v) is 19.4. The highest BCUT2D eigenvalue weighted by molar-refractivity contribution is 5.95. The van der Waals surface area contributed by atoms with E-state index in [1.807, 2.05) is 36.9 Å². The molecule has 2 aromatic rings. The Labute approximate surface area is 185 Å². The van der Waals surface area contributed by atoms with E-state index >= 15 is 0 Å². The van der Waals surface area contributed by atoms with Gasteiger partial charge in [-0.15, -0.1) is 0 Å². The van der Waals surface area contributed by atoms with E-state index in [0.717, 1.165) is 34.7 Å². The molecule has 1 amide bonds. The van der Waals surface area contributed by atoms with Gasteiger partial charge < -0.3 is 18.9 Å². The molecule has 1 saturated heterocycles. The highest BCUT2D eigenvalue weighted by atomic mass is 16.5. The Morgan fingerprint density at radius 1 is 1.13 bits per heavy atom. The van der Waals surface area contributed by atoms with Crippen LogP contribution in [0, 0.1) is 19.8 Å². The van der Waals surface area contributed by atoms with Gasteiger partial charge in [0.15, 0.2) is 0 Å². The predicted octanol–water partition coefficient (Wildman–Crippen LogP) is 4.14. The molecule has 0 spiro atoms. The fourth-order valence-electron chi connectivity index (χ4n) is 4.62. The summed E-state index contributed by atoms with van der Waals surface area (Å²) in [6, 6.07) is 7.97. The van der Waals surface area contributed by atoms with Crippen molar-refractivity contribution in [3.8, 4) is 5.75 Å². The van der Waals surface area contributed by atoms with Crippen molar-refractivity contribution in [2.24, 2.45) is 5.92 Å². The molecule has 1 fully saturated rings. The van der Waals surface area contributed by atoms with Crippen LogP contribution in [-0.4, -0.2) is 48.1 Å². The molecular weight excluding hydrogens is 392 g/mol. The van der Waals surface area contributed by atoms with Gasteiger partial charge in [0.1, 0.15) is 11.4 Å². The SMILES string of the molecule is CCOC(=O)C1CCN(C(=O)c2c(C)c(CC)c(C)n2Cc2cccc(OC)c2)CC1. The van der Waals surface area contributed by atoms with E-state index in [0.29, 0.717) is 39.1 Å². The van der Waals surface area contributed by atoms with Crippen molar-refractivity contribution in [2.75, 3.05) is 26.8 Å². The molecule has 1 aliphatic heterocycles. The summed E-state index contributed by atoms with van der Waals surface area (Å²) in [6.45, 7) is 10.3. The molecule has 0 saturated carbocycles. The van der Waals surface area contributed by atoms with E-state index in [1.54, 1.807) is 7.11 Å². The second-order valence-corrected chi connectivity index (χ2v) is 8.15. The van der Waals surface area contributed by atoms with E-state index in [-0.39, 0.29) is 17.8 Å². The van der Waals surface area contributed by atoms with Crippen molar-refractivity contribution >= 4 is 11.9 Å². The van der Waals surface area contributed by atoms with Gasteiger partial charge in [-0.2, -0.15) is 0 Å². The second kappa shape index (κ2) is 10.0. The number of rotatable bonds is 7. The van der Waals surface area contributed by atoms with Crippen LogP contribution in [0.4, 0.5) is 0 Å². The number of methoxy groups -OCH3 is 1. The topological polar surface area (TPSA) is 60.8 Å². The number of benzene rings is 1. The molecule has 1 aromatic heterocycles. The lowest BCUT2D eigenvalue weighted by molar-refractivity contribution is -0.149. The maximum absolute atomic E-state index is 13.6. The molecule has 6 nitrogen and oxygen atoms in total. The van der Waals surface area contributed by atoms with Gasteiger partial charge >= 0.3 is 5.97 Å². The Morgan fingerprint density at radius 3 is 2.45 bits per heavy atom. The number of hydrogen-bond donors (Lipinski definition) is 0. The molecule has 0 unspecified atom stereocenters. The van der Waals surface area contributed by atoms with Crippen molar-refractivity contribution in [3.05, 3.63) is 52.3 Å². The zero-order valence-electron chi connectivity index (χ0n) is 19.4. The Hall–Kier alpha value is -2.76. The number of nitrogens with zero attached hydrogens (tertiary/aromatic N) is 2. The molecule has 31 heavy (non-hydrogen) atoms. The van der Waals surface area contributed by atoms with Crippen LogP contribution in [-0.2, 0) is 22.5 Å². The lowest BCUT2D eigenvalue weighted by Gasteiger charge is -2.31. The zero-order chi connectivity index (χ0) is 22.5. The van der Waals surface area contributed by atoms with E-state index in [4.69, 9.17) is 9.47 Å². The molecule has 0 radical (unpaired) electrons. The van der Waals surface area contributed by atoms with Gasteiger partial charge in [-0.05, 0) is 68.9 Å². The van der Waals surface area contributed by atoms with Gasteiger partial charge in [0.05, 0.1) is 19.6 Å². The van der Waals surface area contributed by atoms with Gasteiger partial charge in [0.25, 0.3) is 5.91 Å². The molecule has 3 rings (SSSR count). The van der Waals surface area contributed by atoms with Crippen molar-refractivity contribution in [1.29, 1.82) is 0 Å². The Morgan fingerprint density at radius 2 is 1.84 bits per heavy atom. The fourth-order valence-corrected chi connectivity index (χ4v) is 4.62. The largest absolute Gasteiger partial charge is 0.497 e. The number of hydrogen-bond acceptors (Lipinski definition) is 4. The van der Waals surface area contributed by atoms with Gasteiger partial charge in [0, 0.05) is 25.3 Å². The summed E-state index contributed by atoms with van der Waals surface area (Å²) in [5, 5.41) is 0. The number of esters is 1. The van der Waals surface area contributed by atoms with Crippen LogP contribution in [0.3, 0.4) is 0 Å². The number of carbonyl (C=O) groups is 2. The summed E-state index contributed by atoms with van der Waals surface area (Å²) in [5.74, 6) is 0.604. The maximum Gasteiger partial charge on any atom is 0.309 e. The molecule has 0 aliphatic carbocycles. The van der Waals surface area contributed by atoms with Crippen LogP contribution >= 0.6 is 0 Å². The van der Waals surface area contributed by atoms with Crippen LogP contribution < -0.4 is 4.74 Å². The molecule has 1 aliphatic rings. The van der Waals surface area contributed by atoms with Crippen LogP contribution in [0.1, 0.15) is 59.6 Å². The quantitative estimate of drug-likeness (QED) is 0.625.